The summed E-state index contributed by atoms with van der Waals surface area (Å²) in [6.07, 6.45) is 2.45. The summed E-state index contributed by atoms with van der Waals surface area (Å²) in [7, 11) is 0. The van der Waals surface area contributed by atoms with Crippen molar-refractivity contribution in [1.29, 1.82) is 0 Å². The number of guanidine groups is 1. The van der Waals surface area contributed by atoms with E-state index in [-0.39, 0.29) is 6.04 Å². The summed E-state index contributed by atoms with van der Waals surface area (Å²) in [5.74, 6) is 0.702. The van der Waals surface area contributed by atoms with Crippen molar-refractivity contribution >= 4 is 5.96 Å². The molecule has 2 saturated heterocycles. The molecule has 1 atom stereocenters. The maximum Gasteiger partial charge on any atom is 0.191 e. The molecule has 0 aliphatic carbocycles. The van der Waals surface area contributed by atoms with Crippen LogP contribution in [0.25, 0.3) is 0 Å². The Kier molecular flexibility index (Phi) is 5.51. The zero-order valence-corrected chi connectivity index (χ0v) is 14.1. The van der Waals surface area contributed by atoms with Gasteiger partial charge in [0.15, 0.2) is 5.96 Å². The van der Waals surface area contributed by atoms with E-state index in [1.165, 1.54) is 24.0 Å². The van der Waals surface area contributed by atoms with E-state index >= 15 is 0 Å². The highest BCUT2D eigenvalue weighted by molar-refractivity contribution is 5.78. The predicted octanol–water partition coefficient (Wildman–Crippen LogP) is 1.78. The highest BCUT2D eigenvalue weighted by Crippen LogP contribution is 2.23. The lowest BCUT2D eigenvalue weighted by molar-refractivity contribution is 0.0179. The number of hydrogen-bond donors (Lipinski definition) is 1. The topological polar surface area (TPSA) is 54.1 Å². The Morgan fingerprint density at radius 2 is 1.78 bits per heavy atom. The molecule has 2 N–H and O–H groups in total. The normalized spacial score (nSPS) is 21.6. The van der Waals surface area contributed by atoms with Crippen molar-refractivity contribution in [3.63, 3.8) is 0 Å². The maximum atomic E-state index is 6.19. The van der Waals surface area contributed by atoms with Gasteiger partial charge in [-0.05, 0) is 25.3 Å². The first kappa shape index (κ1) is 16.3. The molecule has 0 spiro atoms. The number of nitrogens with zero attached hydrogens (tertiary/aromatic N) is 3. The zero-order chi connectivity index (χ0) is 16.1. The summed E-state index contributed by atoms with van der Waals surface area (Å²) in [5, 5.41) is 0. The summed E-state index contributed by atoms with van der Waals surface area (Å²) in [4.78, 5) is 9.39. The first-order valence-corrected chi connectivity index (χ1v) is 8.67. The highest BCUT2D eigenvalue weighted by atomic mass is 16.5. The molecule has 1 aromatic rings. The molecule has 2 aliphatic heterocycles. The first-order valence-electron chi connectivity index (χ1n) is 8.67. The molecule has 0 radical (unpaired) electrons. The van der Waals surface area contributed by atoms with E-state index in [0.717, 1.165) is 39.4 Å². The largest absolute Gasteiger partial charge is 0.379 e. The van der Waals surface area contributed by atoms with Crippen LogP contribution in [0, 0.1) is 6.92 Å². The van der Waals surface area contributed by atoms with Crippen molar-refractivity contribution in [2.75, 3.05) is 45.9 Å². The number of ether oxygens (including phenoxy) is 1. The summed E-state index contributed by atoms with van der Waals surface area (Å²) < 4.78 is 5.50. The van der Waals surface area contributed by atoms with Crippen molar-refractivity contribution in [2.45, 2.75) is 25.8 Å². The smallest absolute Gasteiger partial charge is 0.191 e. The molecule has 2 aliphatic rings. The van der Waals surface area contributed by atoms with Gasteiger partial charge in [0, 0.05) is 26.2 Å². The Bertz CT molecular complexity index is 516. The molecular weight excluding hydrogens is 288 g/mol. The Hall–Kier alpha value is -1.59. The Balaban J connectivity index is 1.74. The van der Waals surface area contributed by atoms with E-state index in [9.17, 15) is 0 Å². The van der Waals surface area contributed by atoms with Crippen molar-refractivity contribution in [3.8, 4) is 0 Å². The molecule has 126 valence electrons. The average molecular weight is 316 g/mol. The van der Waals surface area contributed by atoms with Gasteiger partial charge in [0.05, 0.1) is 25.8 Å². The van der Waals surface area contributed by atoms with Gasteiger partial charge in [-0.3, -0.25) is 9.89 Å². The molecule has 0 amide bonds. The van der Waals surface area contributed by atoms with Gasteiger partial charge in [-0.2, -0.15) is 0 Å². The van der Waals surface area contributed by atoms with Crippen LogP contribution in [0.3, 0.4) is 0 Å². The molecule has 0 unspecified atom stereocenters. The monoisotopic (exact) mass is 316 g/mol. The van der Waals surface area contributed by atoms with Gasteiger partial charge < -0.3 is 15.4 Å². The second kappa shape index (κ2) is 7.79. The highest BCUT2D eigenvalue weighted by Gasteiger charge is 2.23. The number of rotatable bonds is 4. The van der Waals surface area contributed by atoms with Gasteiger partial charge in [0.2, 0.25) is 0 Å². The third kappa shape index (κ3) is 4.24. The molecule has 23 heavy (non-hydrogen) atoms. The van der Waals surface area contributed by atoms with Gasteiger partial charge in [-0.15, -0.1) is 0 Å². The first-order chi connectivity index (χ1) is 11.2. The molecule has 0 aromatic heterocycles. The van der Waals surface area contributed by atoms with Crippen molar-refractivity contribution in [3.05, 3.63) is 35.4 Å². The second-order valence-electron chi connectivity index (χ2n) is 6.47. The fraction of sp³-hybridized carbons (Fsp3) is 0.611. The number of benzene rings is 1. The van der Waals surface area contributed by atoms with Gasteiger partial charge in [0.25, 0.3) is 0 Å². The molecule has 5 heteroatoms. The third-order valence-corrected chi connectivity index (χ3v) is 4.80. The Morgan fingerprint density at radius 1 is 1.13 bits per heavy atom. The van der Waals surface area contributed by atoms with E-state index in [4.69, 9.17) is 15.5 Å². The van der Waals surface area contributed by atoms with Crippen LogP contribution in [-0.4, -0.2) is 61.7 Å². The van der Waals surface area contributed by atoms with Crippen molar-refractivity contribution in [1.82, 2.24) is 9.80 Å². The SMILES string of the molecule is Cc1ccc([C@@H](CN=C(N)N2CCCC2)N2CCOCC2)cc1. The van der Waals surface area contributed by atoms with Crippen LogP contribution in [0.4, 0.5) is 0 Å². The maximum absolute atomic E-state index is 6.19. The van der Waals surface area contributed by atoms with Gasteiger partial charge >= 0.3 is 0 Å². The summed E-state index contributed by atoms with van der Waals surface area (Å²) in [5.41, 5.74) is 8.79. The van der Waals surface area contributed by atoms with Crippen LogP contribution in [0.1, 0.15) is 30.0 Å². The van der Waals surface area contributed by atoms with Crippen LogP contribution in [-0.2, 0) is 4.74 Å². The quantitative estimate of drug-likeness (QED) is 0.679. The fourth-order valence-electron chi connectivity index (χ4n) is 3.34. The molecule has 2 heterocycles. The van der Waals surface area contributed by atoms with Crippen molar-refractivity contribution in [2.24, 2.45) is 10.7 Å². The average Bonchev–Trinajstić information content (AvgIpc) is 3.12. The molecule has 0 bridgehead atoms. The van der Waals surface area contributed by atoms with E-state index < -0.39 is 0 Å². The molecule has 5 nitrogen and oxygen atoms in total. The number of morpholine rings is 1. The lowest BCUT2D eigenvalue weighted by atomic mass is 10.0. The summed E-state index contributed by atoms with van der Waals surface area (Å²) in [6.45, 7) is 8.43. The van der Waals surface area contributed by atoms with E-state index in [1.807, 2.05) is 0 Å². The Morgan fingerprint density at radius 3 is 2.43 bits per heavy atom. The van der Waals surface area contributed by atoms with Crippen LogP contribution in [0.5, 0.6) is 0 Å². The predicted molar refractivity (Wildman–Crippen MR) is 93.6 cm³/mol. The van der Waals surface area contributed by atoms with Crippen molar-refractivity contribution < 1.29 is 4.74 Å². The van der Waals surface area contributed by atoms with E-state index in [2.05, 4.69) is 41.0 Å². The van der Waals surface area contributed by atoms with E-state index in [0.29, 0.717) is 12.5 Å². The summed E-state index contributed by atoms with van der Waals surface area (Å²) >= 11 is 0. The van der Waals surface area contributed by atoms with Crippen LogP contribution in [0.2, 0.25) is 0 Å². The molecule has 3 rings (SSSR count). The minimum absolute atomic E-state index is 0.278. The number of aliphatic imine (C=N–C) groups is 1. The lowest BCUT2D eigenvalue weighted by Crippen LogP contribution is -2.41. The minimum atomic E-state index is 0.278. The molecule has 1 aromatic carbocycles. The lowest BCUT2D eigenvalue weighted by Gasteiger charge is -2.34. The second-order valence-corrected chi connectivity index (χ2v) is 6.47. The molecule has 0 saturated carbocycles. The number of likely N-dealkylation sites (tertiary alicyclic amines) is 1. The minimum Gasteiger partial charge on any atom is -0.379 e. The van der Waals surface area contributed by atoms with Crippen LogP contribution < -0.4 is 5.73 Å². The Labute approximate surface area is 139 Å². The molecule has 2 fully saturated rings. The standard InChI is InChI=1S/C18H28N4O/c1-15-4-6-16(7-5-15)17(21-10-12-23-13-11-21)14-20-18(19)22-8-2-3-9-22/h4-7,17H,2-3,8-14H2,1H3,(H2,19,20)/t17-/m1/s1. The van der Waals surface area contributed by atoms with Gasteiger partial charge in [-0.1, -0.05) is 29.8 Å². The summed E-state index contributed by atoms with van der Waals surface area (Å²) in [6, 6.07) is 9.07. The van der Waals surface area contributed by atoms with Crippen LogP contribution >= 0.6 is 0 Å². The zero-order valence-electron chi connectivity index (χ0n) is 14.1. The number of aryl methyl sites for hydroxylation is 1. The number of nitrogens with two attached hydrogens (primary N) is 1. The van der Waals surface area contributed by atoms with Gasteiger partial charge in [0.1, 0.15) is 0 Å². The van der Waals surface area contributed by atoms with E-state index in [1.54, 1.807) is 0 Å². The van der Waals surface area contributed by atoms with Gasteiger partial charge in [-0.25, -0.2) is 0 Å². The third-order valence-electron chi connectivity index (χ3n) is 4.80. The van der Waals surface area contributed by atoms with Crippen LogP contribution in [0.15, 0.2) is 29.3 Å². The number of hydrogen-bond acceptors (Lipinski definition) is 3. The fourth-order valence-corrected chi connectivity index (χ4v) is 3.34. The molecular formula is C18H28N4O.